The molecule has 2 aromatic rings. The summed E-state index contributed by atoms with van der Waals surface area (Å²) in [5.41, 5.74) is 3.56. The Labute approximate surface area is 141 Å². The highest BCUT2D eigenvalue weighted by atomic mass is 35.5. The molecule has 1 unspecified atom stereocenters. The van der Waals surface area contributed by atoms with Crippen LogP contribution in [0.5, 0.6) is 5.75 Å². The number of aryl methyl sites for hydroxylation is 2. The first-order valence-corrected chi connectivity index (χ1v) is 7.76. The Balaban J connectivity index is 2.09. The Morgan fingerprint density at radius 2 is 1.83 bits per heavy atom. The van der Waals surface area contributed by atoms with E-state index in [1.807, 2.05) is 45.0 Å². The molecular formula is C18H21ClN2O2. The van der Waals surface area contributed by atoms with E-state index in [4.69, 9.17) is 16.3 Å². The number of benzene rings is 2. The van der Waals surface area contributed by atoms with Crippen molar-refractivity contribution in [2.45, 2.75) is 26.8 Å². The number of amides is 1. The smallest absolute Gasteiger partial charge is 0.246 e. The number of rotatable bonds is 5. The fraction of sp³-hybridized carbons (Fsp3) is 0.278. The molecule has 23 heavy (non-hydrogen) atoms. The van der Waals surface area contributed by atoms with Gasteiger partial charge in [0.05, 0.1) is 12.8 Å². The van der Waals surface area contributed by atoms with Gasteiger partial charge in [0.15, 0.2) is 0 Å². The van der Waals surface area contributed by atoms with E-state index in [1.54, 1.807) is 19.2 Å². The summed E-state index contributed by atoms with van der Waals surface area (Å²) in [5.74, 6) is 0.391. The molecule has 0 fully saturated rings. The van der Waals surface area contributed by atoms with E-state index >= 15 is 0 Å². The fourth-order valence-corrected chi connectivity index (χ4v) is 2.29. The maximum Gasteiger partial charge on any atom is 0.246 e. The number of carbonyl (C=O) groups excluding carboxylic acids is 1. The van der Waals surface area contributed by atoms with Crippen LogP contribution in [0.25, 0.3) is 0 Å². The lowest BCUT2D eigenvalue weighted by molar-refractivity contribution is -0.116. The van der Waals surface area contributed by atoms with Gasteiger partial charge in [0.1, 0.15) is 11.8 Å². The van der Waals surface area contributed by atoms with Crippen molar-refractivity contribution in [3.63, 3.8) is 0 Å². The molecule has 1 atom stereocenters. The van der Waals surface area contributed by atoms with Gasteiger partial charge >= 0.3 is 0 Å². The number of hydrogen-bond donors (Lipinski definition) is 2. The van der Waals surface area contributed by atoms with Crippen LogP contribution >= 0.6 is 11.6 Å². The van der Waals surface area contributed by atoms with Crippen LogP contribution in [0.2, 0.25) is 5.02 Å². The molecule has 0 saturated heterocycles. The van der Waals surface area contributed by atoms with Crippen molar-refractivity contribution in [1.29, 1.82) is 0 Å². The number of halogens is 1. The minimum atomic E-state index is -0.390. The third kappa shape index (κ3) is 4.39. The molecule has 0 spiro atoms. The summed E-state index contributed by atoms with van der Waals surface area (Å²) in [6, 6.07) is 11.0. The van der Waals surface area contributed by atoms with E-state index < -0.39 is 6.04 Å². The van der Waals surface area contributed by atoms with Gasteiger partial charge in [-0.05, 0) is 44.5 Å². The Morgan fingerprint density at radius 3 is 2.43 bits per heavy atom. The summed E-state index contributed by atoms with van der Waals surface area (Å²) in [4.78, 5) is 12.4. The minimum absolute atomic E-state index is 0.148. The summed E-state index contributed by atoms with van der Waals surface area (Å²) in [6.45, 7) is 5.71. The lowest BCUT2D eigenvalue weighted by Crippen LogP contribution is -2.32. The molecule has 0 aliphatic rings. The van der Waals surface area contributed by atoms with E-state index in [1.165, 1.54) is 5.56 Å². The van der Waals surface area contributed by atoms with Crippen molar-refractivity contribution in [3.8, 4) is 5.75 Å². The minimum Gasteiger partial charge on any atom is -0.495 e. The third-order valence-corrected chi connectivity index (χ3v) is 3.97. The van der Waals surface area contributed by atoms with Crippen molar-refractivity contribution in [2.75, 3.05) is 17.7 Å². The van der Waals surface area contributed by atoms with Crippen molar-refractivity contribution in [1.82, 2.24) is 0 Å². The van der Waals surface area contributed by atoms with Gasteiger partial charge in [0, 0.05) is 16.8 Å². The average Bonchev–Trinajstić information content (AvgIpc) is 2.52. The zero-order chi connectivity index (χ0) is 17.0. The van der Waals surface area contributed by atoms with Gasteiger partial charge in [-0.1, -0.05) is 29.3 Å². The molecule has 4 nitrogen and oxygen atoms in total. The van der Waals surface area contributed by atoms with E-state index in [0.29, 0.717) is 16.5 Å². The molecule has 5 heteroatoms. The maximum absolute atomic E-state index is 12.4. The first kappa shape index (κ1) is 17.2. The summed E-state index contributed by atoms with van der Waals surface area (Å²) < 4.78 is 5.27. The molecular weight excluding hydrogens is 312 g/mol. The Bertz CT molecular complexity index is 699. The number of hydrogen-bond acceptors (Lipinski definition) is 3. The molecule has 0 aliphatic heterocycles. The predicted octanol–water partition coefficient (Wildman–Crippen LogP) is 4.40. The van der Waals surface area contributed by atoms with Crippen LogP contribution in [0, 0.1) is 13.8 Å². The van der Waals surface area contributed by atoms with Crippen LogP contribution in [-0.2, 0) is 4.79 Å². The highest BCUT2D eigenvalue weighted by Gasteiger charge is 2.16. The van der Waals surface area contributed by atoms with Gasteiger partial charge in [-0.25, -0.2) is 0 Å². The highest BCUT2D eigenvalue weighted by Crippen LogP contribution is 2.31. The molecule has 0 heterocycles. The van der Waals surface area contributed by atoms with E-state index in [-0.39, 0.29) is 5.91 Å². The number of anilines is 2. The molecule has 2 rings (SSSR count). The normalized spacial score (nSPS) is 11.7. The van der Waals surface area contributed by atoms with Crippen molar-refractivity contribution in [2.24, 2.45) is 0 Å². The number of carbonyl (C=O) groups is 1. The van der Waals surface area contributed by atoms with Crippen molar-refractivity contribution in [3.05, 3.63) is 52.5 Å². The van der Waals surface area contributed by atoms with E-state index in [2.05, 4.69) is 10.6 Å². The zero-order valence-corrected chi connectivity index (χ0v) is 14.5. The quantitative estimate of drug-likeness (QED) is 0.853. The maximum atomic E-state index is 12.4. The molecule has 122 valence electrons. The lowest BCUT2D eigenvalue weighted by Gasteiger charge is -2.17. The molecule has 0 aromatic heterocycles. The summed E-state index contributed by atoms with van der Waals surface area (Å²) in [7, 11) is 1.55. The van der Waals surface area contributed by atoms with Crippen LogP contribution in [0.15, 0.2) is 36.4 Å². The molecule has 0 saturated carbocycles. The van der Waals surface area contributed by atoms with Crippen LogP contribution in [0.4, 0.5) is 11.4 Å². The Morgan fingerprint density at radius 1 is 1.17 bits per heavy atom. The standard InChI is InChI=1S/C18H21ClN2O2/c1-11-5-7-14(8-6-11)20-13(3)18(22)21-16-9-12(2)15(19)10-17(16)23-4/h5-10,13,20H,1-4H3,(H,21,22). The SMILES string of the molecule is COc1cc(Cl)c(C)cc1NC(=O)C(C)Nc1ccc(C)cc1. The first-order chi connectivity index (χ1) is 10.9. The van der Waals surface area contributed by atoms with Crippen molar-refractivity contribution >= 4 is 28.9 Å². The van der Waals surface area contributed by atoms with Crippen LogP contribution < -0.4 is 15.4 Å². The van der Waals surface area contributed by atoms with Gasteiger partial charge in [0.25, 0.3) is 0 Å². The zero-order valence-electron chi connectivity index (χ0n) is 13.7. The summed E-state index contributed by atoms with van der Waals surface area (Å²) in [5, 5.41) is 6.65. The van der Waals surface area contributed by atoms with E-state index in [0.717, 1.165) is 11.3 Å². The number of methoxy groups -OCH3 is 1. The van der Waals surface area contributed by atoms with Crippen LogP contribution in [-0.4, -0.2) is 19.1 Å². The topological polar surface area (TPSA) is 50.4 Å². The van der Waals surface area contributed by atoms with Gasteiger partial charge in [0.2, 0.25) is 5.91 Å². The van der Waals surface area contributed by atoms with Crippen LogP contribution in [0.3, 0.4) is 0 Å². The fourth-order valence-electron chi connectivity index (χ4n) is 2.14. The summed E-state index contributed by atoms with van der Waals surface area (Å²) >= 11 is 6.08. The second kappa shape index (κ2) is 7.38. The molecule has 0 radical (unpaired) electrons. The highest BCUT2D eigenvalue weighted by molar-refractivity contribution is 6.31. The lowest BCUT2D eigenvalue weighted by atomic mass is 10.2. The van der Waals surface area contributed by atoms with Gasteiger partial charge < -0.3 is 15.4 Å². The molecule has 0 bridgehead atoms. The van der Waals surface area contributed by atoms with E-state index in [9.17, 15) is 4.79 Å². The molecule has 1 amide bonds. The molecule has 2 aromatic carbocycles. The Kier molecular flexibility index (Phi) is 5.50. The largest absolute Gasteiger partial charge is 0.495 e. The van der Waals surface area contributed by atoms with Gasteiger partial charge in [-0.15, -0.1) is 0 Å². The Hall–Kier alpha value is -2.20. The van der Waals surface area contributed by atoms with Gasteiger partial charge in [-0.2, -0.15) is 0 Å². The number of nitrogens with one attached hydrogen (secondary N) is 2. The first-order valence-electron chi connectivity index (χ1n) is 7.39. The van der Waals surface area contributed by atoms with Crippen LogP contribution in [0.1, 0.15) is 18.1 Å². The van der Waals surface area contributed by atoms with Crippen molar-refractivity contribution < 1.29 is 9.53 Å². The second-order valence-electron chi connectivity index (χ2n) is 5.52. The third-order valence-electron chi connectivity index (χ3n) is 3.57. The summed E-state index contributed by atoms with van der Waals surface area (Å²) in [6.07, 6.45) is 0. The second-order valence-corrected chi connectivity index (χ2v) is 5.93. The van der Waals surface area contributed by atoms with Gasteiger partial charge in [-0.3, -0.25) is 4.79 Å². The average molecular weight is 333 g/mol. The monoisotopic (exact) mass is 332 g/mol. The molecule has 0 aliphatic carbocycles. The molecule has 2 N–H and O–H groups in total. The number of ether oxygens (including phenoxy) is 1. The predicted molar refractivity (Wildman–Crippen MR) is 95.6 cm³/mol.